The number of hydrogen-bond acceptors (Lipinski definition) is 3. The highest BCUT2D eigenvalue weighted by molar-refractivity contribution is 7.99. The third-order valence-corrected chi connectivity index (χ3v) is 7.12. The molecule has 1 saturated heterocycles. The van der Waals surface area contributed by atoms with Gasteiger partial charge < -0.3 is 4.74 Å². The van der Waals surface area contributed by atoms with E-state index in [0.717, 1.165) is 32.7 Å². The largest absolute Gasteiger partial charge is 0.374 e. The summed E-state index contributed by atoms with van der Waals surface area (Å²) in [4.78, 5) is 3.93. The van der Waals surface area contributed by atoms with Gasteiger partial charge in [-0.15, -0.1) is 11.8 Å². The van der Waals surface area contributed by atoms with Gasteiger partial charge in [0.05, 0.1) is 18.0 Å². The normalized spacial score (nSPS) is 18.2. The van der Waals surface area contributed by atoms with Crippen LogP contribution >= 0.6 is 11.8 Å². The maximum Gasteiger partial charge on any atom is 0.0865 e. The summed E-state index contributed by atoms with van der Waals surface area (Å²) in [5.41, 5.74) is 4.17. The van der Waals surface area contributed by atoms with Crippen molar-refractivity contribution >= 4 is 11.8 Å². The van der Waals surface area contributed by atoms with Gasteiger partial charge in [-0.05, 0) is 29.2 Å². The predicted molar refractivity (Wildman–Crippen MR) is 127 cm³/mol. The Morgan fingerprint density at radius 1 is 0.933 bits per heavy atom. The van der Waals surface area contributed by atoms with Crippen LogP contribution < -0.4 is 0 Å². The SMILES string of the molecule is CCCc1ccccc1S[C@H](c1ccccc1)[C@H]1CN(Cc2ccccc2)CCO1. The molecule has 3 aromatic carbocycles. The van der Waals surface area contributed by atoms with Crippen molar-refractivity contribution in [2.75, 3.05) is 19.7 Å². The molecule has 30 heavy (non-hydrogen) atoms. The highest BCUT2D eigenvalue weighted by Crippen LogP contribution is 2.41. The molecule has 0 saturated carbocycles. The van der Waals surface area contributed by atoms with Gasteiger partial charge in [0, 0.05) is 24.5 Å². The van der Waals surface area contributed by atoms with E-state index in [1.165, 1.54) is 28.0 Å². The summed E-state index contributed by atoms with van der Waals surface area (Å²) in [7, 11) is 0. The highest BCUT2D eigenvalue weighted by Gasteiger charge is 2.30. The monoisotopic (exact) mass is 417 g/mol. The van der Waals surface area contributed by atoms with E-state index in [-0.39, 0.29) is 11.4 Å². The Bertz CT molecular complexity index is 899. The standard InChI is InChI=1S/C27H31NOS/c1-2-11-23-14-9-10-17-26(23)30-27(24-15-7-4-8-16-24)25-21-28(18-19-29-25)20-22-12-5-3-6-13-22/h3-10,12-17,25,27H,2,11,18-21H2,1H3/t25-,27-/m1/s1. The number of aryl methyl sites for hydroxylation is 1. The Labute approximate surface area is 185 Å². The molecule has 0 bridgehead atoms. The van der Waals surface area contributed by atoms with Gasteiger partial charge in [0.1, 0.15) is 0 Å². The minimum absolute atomic E-state index is 0.171. The molecule has 1 aliphatic rings. The van der Waals surface area contributed by atoms with Crippen LogP contribution in [0.25, 0.3) is 0 Å². The Morgan fingerprint density at radius 2 is 1.63 bits per heavy atom. The van der Waals surface area contributed by atoms with E-state index in [1.54, 1.807) is 0 Å². The molecule has 1 aliphatic heterocycles. The van der Waals surface area contributed by atoms with E-state index in [0.29, 0.717) is 0 Å². The average molecular weight is 418 g/mol. The van der Waals surface area contributed by atoms with E-state index < -0.39 is 0 Å². The Hall–Kier alpha value is -2.07. The second-order valence-corrected chi connectivity index (χ2v) is 9.12. The molecule has 1 fully saturated rings. The lowest BCUT2D eigenvalue weighted by Gasteiger charge is -2.37. The van der Waals surface area contributed by atoms with Gasteiger partial charge in [-0.3, -0.25) is 4.90 Å². The van der Waals surface area contributed by atoms with Crippen LogP contribution in [0.15, 0.2) is 89.8 Å². The molecule has 2 nitrogen and oxygen atoms in total. The molecule has 0 aliphatic carbocycles. The van der Waals surface area contributed by atoms with Crippen LogP contribution in [0.3, 0.4) is 0 Å². The third kappa shape index (κ3) is 5.54. The van der Waals surface area contributed by atoms with Crippen molar-refractivity contribution in [1.82, 2.24) is 4.90 Å². The smallest absolute Gasteiger partial charge is 0.0865 e. The molecule has 0 spiro atoms. The van der Waals surface area contributed by atoms with Crippen molar-refractivity contribution in [3.05, 3.63) is 102 Å². The van der Waals surface area contributed by atoms with Gasteiger partial charge in [0.15, 0.2) is 0 Å². The van der Waals surface area contributed by atoms with Crippen molar-refractivity contribution < 1.29 is 4.74 Å². The third-order valence-electron chi connectivity index (χ3n) is 5.64. The lowest BCUT2D eigenvalue weighted by atomic mass is 10.1. The van der Waals surface area contributed by atoms with Gasteiger partial charge >= 0.3 is 0 Å². The quantitative estimate of drug-likeness (QED) is 0.395. The molecular formula is C27H31NOS. The summed E-state index contributed by atoms with van der Waals surface area (Å²) >= 11 is 1.97. The lowest BCUT2D eigenvalue weighted by molar-refractivity contribution is -0.0319. The minimum Gasteiger partial charge on any atom is -0.374 e. The molecule has 156 valence electrons. The van der Waals surface area contributed by atoms with Crippen LogP contribution in [0.4, 0.5) is 0 Å². The molecular weight excluding hydrogens is 386 g/mol. The van der Waals surface area contributed by atoms with Crippen molar-refractivity contribution in [1.29, 1.82) is 0 Å². The fourth-order valence-electron chi connectivity index (χ4n) is 4.13. The molecule has 0 radical (unpaired) electrons. The van der Waals surface area contributed by atoms with Gasteiger partial charge in [-0.25, -0.2) is 0 Å². The first-order chi connectivity index (χ1) is 14.8. The van der Waals surface area contributed by atoms with Gasteiger partial charge in [-0.2, -0.15) is 0 Å². The summed E-state index contributed by atoms with van der Waals surface area (Å²) in [6, 6.07) is 30.5. The van der Waals surface area contributed by atoms with Crippen LogP contribution in [0.1, 0.15) is 35.3 Å². The Balaban J connectivity index is 1.55. The summed E-state index contributed by atoms with van der Waals surface area (Å²) in [6.07, 6.45) is 2.46. The Kier molecular flexibility index (Phi) is 7.63. The molecule has 3 heteroatoms. The molecule has 1 heterocycles. The summed E-state index contributed by atoms with van der Waals surface area (Å²) in [6.45, 7) is 5.97. The number of hydrogen-bond donors (Lipinski definition) is 0. The maximum atomic E-state index is 6.37. The predicted octanol–water partition coefficient (Wildman–Crippen LogP) is 6.37. The van der Waals surface area contributed by atoms with Gasteiger partial charge in [0.25, 0.3) is 0 Å². The zero-order valence-electron chi connectivity index (χ0n) is 17.7. The molecule has 0 aromatic heterocycles. The minimum atomic E-state index is 0.171. The lowest BCUT2D eigenvalue weighted by Crippen LogP contribution is -2.44. The summed E-state index contributed by atoms with van der Waals surface area (Å²) in [5.74, 6) is 0. The Morgan fingerprint density at radius 3 is 2.40 bits per heavy atom. The first kappa shape index (κ1) is 21.2. The van der Waals surface area contributed by atoms with Crippen LogP contribution in [0, 0.1) is 0 Å². The second kappa shape index (κ2) is 10.8. The van der Waals surface area contributed by atoms with Crippen molar-refractivity contribution in [2.24, 2.45) is 0 Å². The number of morpholine rings is 1. The van der Waals surface area contributed by atoms with Gasteiger partial charge in [-0.1, -0.05) is 92.2 Å². The highest BCUT2D eigenvalue weighted by atomic mass is 32.2. The number of nitrogens with zero attached hydrogens (tertiary/aromatic N) is 1. The zero-order valence-corrected chi connectivity index (χ0v) is 18.6. The first-order valence-electron chi connectivity index (χ1n) is 11.0. The van der Waals surface area contributed by atoms with Crippen LogP contribution in [-0.4, -0.2) is 30.7 Å². The summed E-state index contributed by atoms with van der Waals surface area (Å²) in [5, 5.41) is 0.280. The summed E-state index contributed by atoms with van der Waals surface area (Å²) < 4.78 is 6.37. The molecule has 2 atom stereocenters. The maximum absolute atomic E-state index is 6.37. The zero-order chi connectivity index (χ0) is 20.6. The van der Waals surface area contributed by atoms with Crippen LogP contribution in [-0.2, 0) is 17.7 Å². The van der Waals surface area contributed by atoms with Crippen LogP contribution in [0.5, 0.6) is 0 Å². The van der Waals surface area contributed by atoms with Crippen molar-refractivity contribution in [3.8, 4) is 0 Å². The first-order valence-corrected chi connectivity index (χ1v) is 11.9. The number of benzene rings is 3. The fourth-order valence-corrected chi connectivity index (χ4v) is 5.49. The van der Waals surface area contributed by atoms with Crippen molar-refractivity contribution in [2.45, 2.75) is 42.6 Å². The molecule has 4 rings (SSSR count). The average Bonchev–Trinajstić information content (AvgIpc) is 2.80. The number of thioether (sulfide) groups is 1. The molecule has 0 unspecified atom stereocenters. The van der Waals surface area contributed by atoms with E-state index in [2.05, 4.69) is 96.8 Å². The molecule has 0 amide bonds. The number of rotatable bonds is 8. The second-order valence-electron chi connectivity index (χ2n) is 7.94. The van der Waals surface area contributed by atoms with E-state index >= 15 is 0 Å². The van der Waals surface area contributed by atoms with E-state index in [1.807, 2.05) is 11.8 Å². The van der Waals surface area contributed by atoms with Gasteiger partial charge in [0.2, 0.25) is 0 Å². The van der Waals surface area contributed by atoms with E-state index in [9.17, 15) is 0 Å². The van der Waals surface area contributed by atoms with E-state index in [4.69, 9.17) is 4.74 Å². The molecule has 3 aromatic rings. The number of ether oxygens (including phenoxy) is 1. The fraction of sp³-hybridized carbons (Fsp3) is 0.333. The topological polar surface area (TPSA) is 12.5 Å². The van der Waals surface area contributed by atoms with Crippen LogP contribution in [0.2, 0.25) is 0 Å². The molecule has 0 N–H and O–H groups in total. The van der Waals surface area contributed by atoms with Crippen molar-refractivity contribution in [3.63, 3.8) is 0 Å².